The number of anilines is 1. The van der Waals surface area contributed by atoms with E-state index in [-0.39, 0.29) is 17.8 Å². The molecule has 1 aliphatic heterocycles. The summed E-state index contributed by atoms with van der Waals surface area (Å²) in [5.41, 5.74) is 3.45. The Morgan fingerprint density at radius 3 is 2.45 bits per heavy atom. The smallest absolute Gasteiger partial charge is 0.294 e. The number of carbonyl (C=O) groups excluding carboxylic acids is 2. The van der Waals surface area contributed by atoms with Gasteiger partial charge in [0.1, 0.15) is 0 Å². The van der Waals surface area contributed by atoms with E-state index in [1.54, 1.807) is 24.3 Å². The van der Waals surface area contributed by atoms with E-state index in [4.69, 9.17) is 11.6 Å². The van der Waals surface area contributed by atoms with Gasteiger partial charge in [-0.15, -0.1) is 0 Å². The molecule has 3 aromatic carbocycles. The second kappa shape index (κ2) is 8.78. The molecular formula is C26H22ClNO3. The lowest BCUT2D eigenvalue weighted by molar-refractivity contribution is -0.118. The van der Waals surface area contributed by atoms with Gasteiger partial charge in [-0.05, 0) is 42.7 Å². The van der Waals surface area contributed by atoms with Crippen molar-refractivity contribution in [3.05, 3.63) is 112 Å². The third-order valence-corrected chi connectivity index (χ3v) is 5.67. The largest absolute Gasteiger partial charge is 0.503 e. The number of Topliss-reactive ketones (excluding diaryl/α,β-unsaturated/α-hetero) is 1. The number of hydrogen-bond acceptors (Lipinski definition) is 3. The lowest BCUT2D eigenvalue weighted by Gasteiger charge is -2.27. The van der Waals surface area contributed by atoms with Crippen LogP contribution in [0.5, 0.6) is 0 Å². The van der Waals surface area contributed by atoms with Gasteiger partial charge in [0.2, 0.25) is 0 Å². The summed E-state index contributed by atoms with van der Waals surface area (Å²) in [5, 5.41) is 11.2. The summed E-state index contributed by atoms with van der Waals surface area (Å²) in [6.45, 7) is 1.95. The molecule has 1 unspecified atom stereocenters. The number of halogens is 1. The Hall–Kier alpha value is -3.37. The molecule has 1 aliphatic rings. The molecule has 1 N–H and O–H groups in total. The average molecular weight is 432 g/mol. The molecule has 0 bridgehead atoms. The van der Waals surface area contributed by atoms with Gasteiger partial charge in [-0.3, -0.25) is 14.5 Å². The van der Waals surface area contributed by atoms with Crippen molar-refractivity contribution in [1.82, 2.24) is 0 Å². The number of benzene rings is 3. The van der Waals surface area contributed by atoms with Crippen LogP contribution in [0.3, 0.4) is 0 Å². The molecule has 0 saturated heterocycles. The van der Waals surface area contributed by atoms with E-state index in [2.05, 4.69) is 0 Å². The van der Waals surface area contributed by atoms with E-state index in [1.165, 1.54) is 4.90 Å². The fourth-order valence-corrected chi connectivity index (χ4v) is 4.16. The fraction of sp³-hybridized carbons (Fsp3) is 0.154. The molecular weight excluding hydrogens is 410 g/mol. The molecule has 3 aromatic rings. The van der Waals surface area contributed by atoms with Crippen LogP contribution in [0.1, 0.15) is 29.2 Å². The van der Waals surface area contributed by atoms with E-state index >= 15 is 0 Å². The Bertz CT molecular complexity index is 1170. The first kappa shape index (κ1) is 20.9. The molecule has 0 spiro atoms. The Morgan fingerprint density at radius 2 is 1.74 bits per heavy atom. The van der Waals surface area contributed by atoms with Gasteiger partial charge >= 0.3 is 0 Å². The maximum atomic E-state index is 13.3. The quantitative estimate of drug-likeness (QED) is 0.540. The number of amides is 1. The van der Waals surface area contributed by atoms with Crippen LogP contribution in [0.4, 0.5) is 5.69 Å². The molecule has 0 saturated carbocycles. The van der Waals surface area contributed by atoms with Crippen LogP contribution in [0.25, 0.3) is 0 Å². The zero-order valence-corrected chi connectivity index (χ0v) is 17.8. The molecule has 1 amide bonds. The van der Waals surface area contributed by atoms with Crippen LogP contribution in [0.15, 0.2) is 90.2 Å². The van der Waals surface area contributed by atoms with Crippen LogP contribution >= 0.6 is 11.6 Å². The van der Waals surface area contributed by atoms with E-state index < -0.39 is 17.7 Å². The molecule has 0 aromatic heterocycles. The fourth-order valence-electron chi connectivity index (χ4n) is 3.98. The minimum atomic E-state index is -0.714. The third kappa shape index (κ3) is 4.25. The monoisotopic (exact) mass is 431 g/mol. The van der Waals surface area contributed by atoms with E-state index in [9.17, 15) is 14.7 Å². The number of ketones is 1. The number of aryl methyl sites for hydroxylation is 2. The summed E-state index contributed by atoms with van der Waals surface area (Å²) >= 11 is 6.16. The molecule has 0 radical (unpaired) electrons. The Kier molecular flexibility index (Phi) is 5.92. The van der Waals surface area contributed by atoms with Crippen molar-refractivity contribution in [2.75, 3.05) is 4.90 Å². The Morgan fingerprint density at radius 1 is 1.00 bits per heavy atom. The van der Waals surface area contributed by atoms with Crippen molar-refractivity contribution < 1.29 is 14.7 Å². The summed E-state index contributed by atoms with van der Waals surface area (Å²) < 4.78 is 0. The summed E-state index contributed by atoms with van der Waals surface area (Å²) in [5.74, 6) is -1.34. The van der Waals surface area contributed by atoms with Gasteiger partial charge < -0.3 is 5.11 Å². The van der Waals surface area contributed by atoms with Gasteiger partial charge in [0.05, 0.1) is 11.6 Å². The van der Waals surface area contributed by atoms with E-state index in [0.29, 0.717) is 17.1 Å². The van der Waals surface area contributed by atoms with E-state index in [0.717, 1.165) is 16.7 Å². The number of aliphatic hydroxyl groups excluding tert-OH is 1. The number of aliphatic hydroxyl groups is 1. The highest BCUT2D eigenvalue weighted by molar-refractivity contribution is 6.31. The minimum absolute atomic E-state index is 0.131. The Balaban J connectivity index is 1.74. The van der Waals surface area contributed by atoms with Gasteiger partial charge in [-0.1, -0.05) is 77.8 Å². The topological polar surface area (TPSA) is 57.6 Å². The van der Waals surface area contributed by atoms with Crippen LogP contribution in [0, 0.1) is 6.92 Å². The van der Waals surface area contributed by atoms with Crippen LogP contribution in [-0.2, 0) is 16.0 Å². The normalized spacial score (nSPS) is 16.1. The molecule has 4 nitrogen and oxygen atoms in total. The maximum absolute atomic E-state index is 13.3. The minimum Gasteiger partial charge on any atom is -0.503 e. The van der Waals surface area contributed by atoms with Crippen LogP contribution < -0.4 is 4.90 Å². The van der Waals surface area contributed by atoms with Crippen molar-refractivity contribution in [2.45, 2.75) is 25.8 Å². The first-order valence-corrected chi connectivity index (χ1v) is 10.5. The molecule has 0 aliphatic carbocycles. The van der Waals surface area contributed by atoms with Crippen LogP contribution in [-0.4, -0.2) is 16.8 Å². The highest BCUT2D eigenvalue weighted by Crippen LogP contribution is 2.42. The zero-order valence-electron chi connectivity index (χ0n) is 17.1. The van der Waals surface area contributed by atoms with Gasteiger partial charge in [0.15, 0.2) is 11.5 Å². The average Bonchev–Trinajstić information content (AvgIpc) is 3.03. The molecule has 1 heterocycles. The standard InChI is InChI=1S/C26H22ClNO3/c1-17-7-5-10-19(15-17)24-23(22(29)14-13-18-8-3-2-4-9-18)25(30)26(31)28(24)21-12-6-11-20(27)16-21/h2-12,15-16,24,30H,13-14H2,1H3. The summed E-state index contributed by atoms with van der Waals surface area (Å²) in [4.78, 5) is 27.8. The maximum Gasteiger partial charge on any atom is 0.294 e. The highest BCUT2D eigenvalue weighted by Gasteiger charge is 2.44. The van der Waals surface area contributed by atoms with Crippen molar-refractivity contribution in [1.29, 1.82) is 0 Å². The van der Waals surface area contributed by atoms with Gasteiger partial charge in [-0.25, -0.2) is 0 Å². The molecule has 1 atom stereocenters. The SMILES string of the molecule is Cc1cccc(C2C(C(=O)CCc3ccccc3)=C(O)C(=O)N2c2cccc(Cl)c2)c1. The van der Waals surface area contributed by atoms with Gasteiger partial charge in [0, 0.05) is 17.1 Å². The lowest BCUT2D eigenvalue weighted by atomic mass is 9.92. The van der Waals surface area contributed by atoms with Crippen LogP contribution in [0.2, 0.25) is 5.02 Å². The lowest BCUT2D eigenvalue weighted by Crippen LogP contribution is -2.31. The van der Waals surface area contributed by atoms with Crippen molar-refractivity contribution in [2.24, 2.45) is 0 Å². The number of hydrogen-bond donors (Lipinski definition) is 1. The molecule has 156 valence electrons. The zero-order chi connectivity index (χ0) is 22.0. The van der Waals surface area contributed by atoms with Crippen molar-refractivity contribution in [3.63, 3.8) is 0 Å². The van der Waals surface area contributed by atoms with E-state index in [1.807, 2.05) is 61.5 Å². The first-order chi connectivity index (χ1) is 15.0. The number of nitrogens with zero attached hydrogens (tertiary/aromatic N) is 1. The second-order valence-corrected chi connectivity index (χ2v) is 8.08. The highest BCUT2D eigenvalue weighted by atomic mass is 35.5. The molecule has 5 heteroatoms. The predicted molar refractivity (Wildman–Crippen MR) is 122 cm³/mol. The summed E-state index contributed by atoms with van der Waals surface area (Å²) in [7, 11) is 0. The second-order valence-electron chi connectivity index (χ2n) is 7.64. The number of carbonyl (C=O) groups is 2. The molecule has 0 fully saturated rings. The number of rotatable bonds is 6. The first-order valence-electron chi connectivity index (χ1n) is 10.1. The van der Waals surface area contributed by atoms with Crippen molar-refractivity contribution >= 4 is 29.0 Å². The van der Waals surface area contributed by atoms with Gasteiger partial charge in [0.25, 0.3) is 5.91 Å². The summed E-state index contributed by atoms with van der Waals surface area (Å²) in [6.07, 6.45) is 0.727. The van der Waals surface area contributed by atoms with Gasteiger partial charge in [-0.2, -0.15) is 0 Å². The molecule has 4 rings (SSSR count). The predicted octanol–water partition coefficient (Wildman–Crippen LogP) is 5.75. The molecule has 31 heavy (non-hydrogen) atoms. The Labute approximate surface area is 186 Å². The summed E-state index contributed by atoms with van der Waals surface area (Å²) in [6, 6.07) is 23.5. The third-order valence-electron chi connectivity index (χ3n) is 5.44. The van der Waals surface area contributed by atoms with Crippen molar-refractivity contribution in [3.8, 4) is 0 Å².